The van der Waals surface area contributed by atoms with E-state index in [1.54, 1.807) is 11.8 Å². The van der Waals surface area contributed by atoms with Gasteiger partial charge in [0.1, 0.15) is 5.82 Å². The van der Waals surface area contributed by atoms with Gasteiger partial charge in [0.05, 0.1) is 6.61 Å². The standard InChI is InChI=1S/C10H18N4OS/c1-14-9(8-3-2-4-11-7-8)12-13-10(14)16-6-5-15/h8,11,15H,2-7H2,1H3/t8-/m1/s1. The van der Waals surface area contributed by atoms with Crippen molar-refractivity contribution in [3.05, 3.63) is 5.82 Å². The second kappa shape index (κ2) is 5.65. The number of hydrogen-bond donors (Lipinski definition) is 2. The van der Waals surface area contributed by atoms with Gasteiger partial charge in [0.15, 0.2) is 5.16 Å². The summed E-state index contributed by atoms with van der Waals surface area (Å²) in [5.41, 5.74) is 0. The average Bonchev–Trinajstić information content (AvgIpc) is 2.69. The Morgan fingerprint density at radius 2 is 2.44 bits per heavy atom. The quantitative estimate of drug-likeness (QED) is 0.747. The molecule has 16 heavy (non-hydrogen) atoms. The first kappa shape index (κ1) is 11.9. The first-order valence-electron chi connectivity index (χ1n) is 5.66. The molecule has 0 aromatic carbocycles. The zero-order valence-corrected chi connectivity index (χ0v) is 10.3. The van der Waals surface area contributed by atoms with Crippen LogP contribution in [0.4, 0.5) is 0 Å². The van der Waals surface area contributed by atoms with E-state index >= 15 is 0 Å². The molecule has 1 aromatic rings. The molecule has 0 bridgehead atoms. The summed E-state index contributed by atoms with van der Waals surface area (Å²) < 4.78 is 2.05. The van der Waals surface area contributed by atoms with Crippen LogP contribution in [0.1, 0.15) is 24.6 Å². The molecule has 1 aromatic heterocycles. The Labute approximate surface area is 99.6 Å². The highest BCUT2D eigenvalue weighted by molar-refractivity contribution is 7.99. The third-order valence-corrected chi connectivity index (χ3v) is 3.85. The van der Waals surface area contributed by atoms with Gasteiger partial charge >= 0.3 is 0 Å². The summed E-state index contributed by atoms with van der Waals surface area (Å²) >= 11 is 1.55. The van der Waals surface area contributed by atoms with Crippen molar-refractivity contribution in [2.75, 3.05) is 25.4 Å². The second-order valence-corrected chi connectivity index (χ2v) is 5.08. The number of piperidine rings is 1. The smallest absolute Gasteiger partial charge is 0.191 e. The number of rotatable bonds is 4. The van der Waals surface area contributed by atoms with E-state index in [1.807, 2.05) is 7.05 Å². The number of nitrogens with zero attached hydrogens (tertiary/aromatic N) is 3. The lowest BCUT2D eigenvalue weighted by Gasteiger charge is -2.21. The molecule has 5 nitrogen and oxygen atoms in total. The molecule has 1 fully saturated rings. The van der Waals surface area contributed by atoms with Gasteiger partial charge in [-0.15, -0.1) is 10.2 Å². The fourth-order valence-corrected chi connectivity index (χ4v) is 2.68. The minimum Gasteiger partial charge on any atom is -0.396 e. The molecule has 0 spiro atoms. The highest BCUT2D eigenvalue weighted by atomic mass is 32.2. The van der Waals surface area contributed by atoms with Gasteiger partial charge in [-0.05, 0) is 19.4 Å². The summed E-state index contributed by atoms with van der Waals surface area (Å²) in [6.45, 7) is 2.29. The second-order valence-electron chi connectivity index (χ2n) is 4.02. The molecular formula is C10H18N4OS. The van der Waals surface area contributed by atoms with E-state index in [0.29, 0.717) is 11.7 Å². The maximum atomic E-state index is 8.79. The van der Waals surface area contributed by atoms with E-state index in [9.17, 15) is 0 Å². The molecule has 2 heterocycles. The van der Waals surface area contributed by atoms with E-state index in [4.69, 9.17) is 5.11 Å². The van der Waals surface area contributed by atoms with Gasteiger partial charge in [0.25, 0.3) is 0 Å². The SMILES string of the molecule is Cn1c(SCCO)nnc1[C@@H]1CCCNC1. The van der Waals surface area contributed by atoms with Crippen molar-refractivity contribution < 1.29 is 5.11 Å². The topological polar surface area (TPSA) is 63.0 Å². The summed E-state index contributed by atoms with van der Waals surface area (Å²) in [5.74, 6) is 2.22. The Kier molecular flexibility index (Phi) is 4.20. The Hall–Kier alpha value is -0.590. The Morgan fingerprint density at radius 1 is 1.56 bits per heavy atom. The molecule has 90 valence electrons. The lowest BCUT2D eigenvalue weighted by Crippen LogP contribution is -2.29. The first-order chi connectivity index (χ1) is 7.83. The molecule has 0 unspecified atom stereocenters. The molecule has 1 aliphatic heterocycles. The average molecular weight is 242 g/mol. The number of hydrogen-bond acceptors (Lipinski definition) is 5. The molecule has 1 atom stereocenters. The lowest BCUT2D eigenvalue weighted by molar-refractivity contribution is 0.322. The number of aromatic nitrogens is 3. The maximum Gasteiger partial charge on any atom is 0.191 e. The zero-order chi connectivity index (χ0) is 11.4. The van der Waals surface area contributed by atoms with Crippen LogP contribution in [0.2, 0.25) is 0 Å². The monoisotopic (exact) mass is 242 g/mol. The molecule has 0 amide bonds. The molecule has 2 N–H and O–H groups in total. The van der Waals surface area contributed by atoms with E-state index < -0.39 is 0 Å². The normalized spacial score (nSPS) is 21.2. The van der Waals surface area contributed by atoms with Crippen molar-refractivity contribution >= 4 is 11.8 Å². The van der Waals surface area contributed by atoms with Crippen LogP contribution in [0.3, 0.4) is 0 Å². The predicted octanol–water partition coefficient (Wildman–Crippen LogP) is 0.366. The van der Waals surface area contributed by atoms with Gasteiger partial charge in [-0.1, -0.05) is 11.8 Å². The van der Waals surface area contributed by atoms with E-state index in [-0.39, 0.29) is 6.61 Å². The van der Waals surface area contributed by atoms with Crippen molar-refractivity contribution in [2.24, 2.45) is 7.05 Å². The molecule has 2 rings (SSSR count). The van der Waals surface area contributed by atoms with Crippen LogP contribution in [0.15, 0.2) is 5.16 Å². The van der Waals surface area contributed by atoms with Crippen molar-refractivity contribution in [1.82, 2.24) is 20.1 Å². The van der Waals surface area contributed by atoms with Gasteiger partial charge in [-0.3, -0.25) is 0 Å². The number of aliphatic hydroxyl groups is 1. The predicted molar refractivity (Wildman–Crippen MR) is 63.7 cm³/mol. The van der Waals surface area contributed by atoms with Crippen LogP contribution < -0.4 is 5.32 Å². The fraction of sp³-hybridized carbons (Fsp3) is 0.800. The van der Waals surface area contributed by atoms with Crippen molar-refractivity contribution in [3.8, 4) is 0 Å². The summed E-state index contributed by atoms with van der Waals surface area (Å²) in [6.07, 6.45) is 2.39. The van der Waals surface area contributed by atoms with Gasteiger partial charge in [-0.25, -0.2) is 0 Å². The zero-order valence-electron chi connectivity index (χ0n) is 9.52. The Balaban J connectivity index is 2.06. The minimum absolute atomic E-state index is 0.178. The van der Waals surface area contributed by atoms with Crippen LogP contribution in [-0.2, 0) is 7.05 Å². The van der Waals surface area contributed by atoms with Crippen molar-refractivity contribution in [1.29, 1.82) is 0 Å². The molecule has 0 radical (unpaired) electrons. The van der Waals surface area contributed by atoms with E-state index in [2.05, 4.69) is 20.1 Å². The number of aliphatic hydroxyl groups excluding tert-OH is 1. The van der Waals surface area contributed by atoms with Crippen LogP contribution in [0.25, 0.3) is 0 Å². The van der Waals surface area contributed by atoms with E-state index in [0.717, 1.165) is 24.1 Å². The fourth-order valence-electron chi connectivity index (χ4n) is 2.02. The summed E-state index contributed by atoms with van der Waals surface area (Å²) in [5, 5.41) is 21.5. The summed E-state index contributed by atoms with van der Waals surface area (Å²) in [6, 6.07) is 0. The molecule has 0 saturated carbocycles. The third-order valence-electron chi connectivity index (χ3n) is 2.85. The van der Waals surface area contributed by atoms with Crippen molar-refractivity contribution in [3.63, 3.8) is 0 Å². The molecule has 1 aliphatic rings. The summed E-state index contributed by atoms with van der Waals surface area (Å²) in [7, 11) is 2.00. The van der Waals surface area contributed by atoms with Crippen LogP contribution in [-0.4, -0.2) is 45.3 Å². The Bertz CT molecular complexity index is 336. The number of nitrogens with one attached hydrogen (secondary N) is 1. The molecule has 1 saturated heterocycles. The highest BCUT2D eigenvalue weighted by Crippen LogP contribution is 2.24. The van der Waals surface area contributed by atoms with Crippen molar-refractivity contribution in [2.45, 2.75) is 23.9 Å². The van der Waals surface area contributed by atoms with Crippen LogP contribution >= 0.6 is 11.8 Å². The van der Waals surface area contributed by atoms with Crippen LogP contribution in [0.5, 0.6) is 0 Å². The summed E-state index contributed by atoms with van der Waals surface area (Å²) in [4.78, 5) is 0. The molecule has 0 aliphatic carbocycles. The van der Waals surface area contributed by atoms with E-state index in [1.165, 1.54) is 12.8 Å². The van der Waals surface area contributed by atoms with Gasteiger partial charge < -0.3 is 15.0 Å². The van der Waals surface area contributed by atoms with Gasteiger partial charge in [0.2, 0.25) is 0 Å². The molecular weight excluding hydrogens is 224 g/mol. The van der Waals surface area contributed by atoms with Crippen LogP contribution in [0, 0.1) is 0 Å². The lowest BCUT2D eigenvalue weighted by atomic mass is 9.99. The molecule has 6 heteroatoms. The minimum atomic E-state index is 0.178. The third kappa shape index (κ3) is 2.56. The highest BCUT2D eigenvalue weighted by Gasteiger charge is 2.21. The first-order valence-corrected chi connectivity index (χ1v) is 6.65. The maximum absolute atomic E-state index is 8.79. The largest absolute Gasteiger partial charge is 0.396 e. The van der Waals surface area contributed by atoms with Gasteiger partial charge in [-0.2, -0.15) is 0 Å². The van der Waals surface area contributed by atoms with Gasteiger partial charge in [0, 0.05) is 25.3 Å². The Morgan fingerprint density at radius 3 is 3.12 bits per heavy atom. The number of thioether (sulfide) groups is 1.